The zero-order valence-electron chi connectivity index (χ0n) is 13.1. The molecule has 7 heteroatoms. The van der Waals surface area contributed by atoms with Crippen LogP contribution in [0.1, 0.15) is 24.6 Å². The van der Waals surface area contributed by atoms with Crippen molar-refractivity contribution in [1.82, 2.24) is 4.90 Å². The molecule has 0 radical (unpaired) electrons. The van der Waals surface area contributed by atoms with Gasteiger partial charge in [-0.2, -0.15) is 0 Å². The minimum absolute atomic E-state index is 0.0759. The van der Waals surface area contributed by atoms with Crippen molar-refractivity contribution in [2.24, 2.45) is 0 Å². The lowest BCUT2D eigenvalue weighted by molar-refractivity contribution is -0.119. The summed E-state index contributed by atoms with van der Waals surface area (Å²) in [6.07, 6.45) is 1.63. The molecule has 2 saturated heterocycles. The van der Waals surface area contributed by atoms with Crippen LogP contribution in [-0.4, -0.2) is 23.4 Å². The number of hydrogen-bond donors (Lipinski definition) is 0. The second-order valence-electron chi connectivity index (χ2n) is 6.25. The number of fused-ring (bicyclic) bond motifs is 1. The molecule has 0 saturated carbocycles. The molecule has 2 atom stereocenters. The van der Waals surface area contributed by atoms with E-state index in [1.165, 1.54) is 0 Å². The summed E-state index contributed by atoms with van der Waals surface area (Å²) >= 11 is 24.5. The minimum Gasteiger partial charge on any atom is -0.290 e. The van der Waals surface area contributed by atoms with Gasteiger partial charge in [0.25, 0.3) is 0 Å². The highest BCUT2D eigenvalue weighted by atomic mass is 35.5. The Morgan fingerprint density at radius 1 is 0.880 bits per heavy atom. The number of rotatable bonds is 2. The Bertz CT molecular complexity index is 857. The van der Waals surface area contributed by atoms with E-state index >= 15 is 0 Å². The molecule has 0 unspecified atom stereocenters. The fourth-order valence-corrected chi connectivity index (χ4v) is 4.29. The predicted octanol–water partition coefficient (Wildman–Crippen LogP) is 5.81. The van der Waals surface area contributed by atoms with Crippen molar-refractivity contribution in [3.8, 4) is 0 Å². The van der Waals surface area contributed by atoms with E-state index in [9.17, 15) is 4.79 Å². The number of benzene rings is 2. The van der Waals surface area contributed by atoms with Gasteiger partial charge in [-0.25, -0.2) is 0 Å². The normalized spacial score (nSPS) is 23.4. The average molecular weight is 416 g/mol. The summed E-state index contributed by atoms with van der Waals surface area (Å²) in [5, 5.41) is 1.85. The van der Waals surface area contributed by atoms with Crippen molar-refractivity contribution in [2.75, 3.05) is 11.4 Å². The second kappa shape index (κ2) is 6.64. The largest absolute Gasteiger partial charge is 0.290 e. The number of anilines is 1. The number of carbonyl (C=O) groups excluding carboxylic acids is 1. The number of amides is 1. The van der Waals surface area contributed by atoms with E-state index in [4.69, 9.17) is 46.4 Å². The molecule has 2 aromatic carbocycles. The first-order chi connectivity index (χ1) is 12.0. The summed E-state index contributed by atoms with van der Waals surface area (Å²) < 4.78 is 0. The second-order valence-corrected chi connectivity index (χ2v) is 7.88. The van der Waals surface area contributed by atoms with Crippen LogP contribution < -0.4 is 4.90 Å². The van der Waals surface area contributed by atoms with Crippen LogP contribution in [0.2, 0.25) is 20.1 Å². The van der Waals surface area contributed by atoms with E-state index in [0.717, 1.165) is 30.6 Å². The summed E-state index contributed by atoms with van der Waals surface area (Å²) in [5.74, 6) is 0.0759. The average Bonchev–Trinajstić information content (AvgIpc) is 3.15. The maximum Gasteiger partial charge on any atom is 0.246 e. The topological polar surface area (TPSA) is 23.6 Å². The van der Waals surface area contributed by atoms with Gasteiger partial charge in [0.1, 0.15) is 6.17 Å². The maximum atomic E-state index is 13.1. The van der Waals surface area contributed by atoms with Crippen LogP contribution >= 0.6 is 46.4 Å². The van der Waals surface area contributed by atoms with Crippen LogP contribution in [0.15, 0.2) is 36.4 Å². The van der Waals surface area contributed by atoms with E-state index in [-0.39, 0.29) is 18.1 Å². The Hall–Kier alpha value is -0.970. The van der Waals surface area contributed by atoms with Gasteiger partial charge in [-0.1, -0.05) is 52.5 Å². The summed E-state index contributed by atoms with van der Waals surface area (Å²) in [6.45, 7) is 0.860. The molecule has 25 heavy (non-hydrogen) atoms. The van der Waals surface area contributed by atoms with E-state index in [0.29, 0.717) is 20.1 Å². The molecule has 2 aromatic rings. The predicted molar refractivity (Wildman–Crippen MR) is 103 cm³/mol. The summed E-state index contributed by atoms with van der Waals surface area (Å²) in [6, 6.07) is 10.6. The molecule has 2 aliphatic heterocycles. The fraction of sp³-hybridized carbons (Fsp3) is 0.278. The lowest BCUT2D eigenvalue weighted by atomic mass is 10.1. The van der Waals surface area contributed by atoms with Gasteiger partial charge in [0, 0.05) is 12.2 Å². The van der Waals surface area contributed by atoms with Crippen LogP contribution in [0.5, 0.6) is 0 Å². The molecule has 1 amide bonds. The van der Waals surface area contributed by atoms with Crippen LogP contribution in [0.3, 0.4) is 0 Å². The van der Waals surface area contributed by atoms with Crippen LogP contribution in [-0.2, 0) is 4.79 Å². The van der Waals surface area contributed by atoms with Crippen molar-refractivity contribution in [1.29, 1.82) is 0 Å². The van der Waals surface area contributed by atoms with Crippen LogP contribution in [0.25, 0.3) is 0 Å². The Balaban J connectivity index is 1.83. The number of halogens is 4. The van der Waals surface area contributed by atoms with Gasteiger partial charge in [0.15, 0.2) is 0 Å². The Labute approximate surface area is 166 Å². The lowest BCUT2D eigenvalue weighted by Crippen LogP contribution is -2.32. The Kier molecular flexibility index (Phi) is 4.63. The van der Waals surface area contributed by atoms with Gasteiger partial charge in [0.05, 0.1) is 26.1 Å². The molecular formula is C18H14Cl4N2O. The minimum atomic E-state index is -0.230. The van der Waals surface area contributed by atoms with Crippen molar-refractivity contribution in [3.05, 3.63) is 62.1 Å². The fourth-order valence-electron chi connectivity index (χ4n) is 3.69. The first-order valence-corrected chi connectivity index (χ1v) is 9.47. The molecule has 3 nitrogen and oxygen atoms in total. The van der Waals surface area contributed by atoms with Gasteiger partial charge in [-0.15, -0.1) is 0 Å². The third-order valence-corrected chi connectivity index (χ3v) is 6.28. The highest BCUT2D eigenvalue weighted by Gasteiger charge is 2.49. The van der Waals surface area contributed by atoms with Crippen molar-refractivity contribution < 1.29 is 4.79 Å². The molecule has 0 spiro atoms. The molecule has 0 N–H and O–H groups in total. The highest BCUT2D eigenvalue weighted by molar-refractivity contribution is 6.42. The van der Waals surface area contributed by atoms with E-state index in [1.54, 1.807) is 23.1 Å². The standard InChI is InChI=1S/C18H14Cl4N2O/c19-12-5-3-10(8-14(12)21)17-23-7-1-2-16(23)18(25)24(17)11-4-6-13(20)15(22)9-11/h3-6,8-9,16-17H,1-2,7H2/t16-,17-/m1/s1. The molecule has 0 aliphatic carbocycles. The summed E-state index contributed by atoms with van der Waals surface area (Å²) in [5.41, 5.74) is 1.66. The monoisotopic (exact) mass is 414 g/mol. The lowest BCUT2D eigenvalue weighted by Gasteiger charge is -2.30. The third-order valence-electron chi connectivity index (χ3n) is 4.80. The highest BCUT2D eigenvalue weighted by Crippen LogP contribution is 2.44. The van der Waals surface area contributed by atoms with E-state index < -0.39 is 0 Å². The van der Waals surface area contributed by atoms with E-state index in [2.05, 4.69) is 4.90 Å². The summed E-state index contributed by atoms with van der Waals surface area (Å²) in [4.78, 5) is 17.1. The smallest absolute Gasteiger partial charge is 0.246 e. The van der Waals surface area contributed by atoms with Crippen LogP contribution in [0.4, 0.5) is 5.69 Å². The Morgan fingerprint density at radius 2 is 1.56 bits per heavy atom. The van der Waals surface area contributed by atoms with Crippen molar-refractivity contribution >= 4 is 58.0 Å². The molecular weight excluding hydrogens is 402 g/mol. The molecule has 4 rings (SSSR count). The summed E-state index contributed by atoms with van der Waals surface area (Å²) in [7, 11) is 0. The third kappa shape index (κ3) is 2.92. The van der Waals surface area contributed by atoms with Gasteiger partial charge >= 0.3 is 0 Å². The molecule has 0 aromatic heterocycles. The molecule has 2 fully saturated rings. The first-order valence-electron chi connectivity index (χ1n) is 7.96. The maximum absolute atomic E-state index is 13.1. The zero-order chi connectivity index (χ0) is 17.7. The molecule has 2 aliphatic rings. The van der Waals surface area contributed by atoms with Gasteiger partial charge in [-0.3, -0.25) is 14.6 Å². The SMILES string of the molecule is O=C1[C@H]2CCCN2[C@@H](c2ccc(Cl)c(Cl)c2)N1c1ccc(Cl)c(Cl)c1. The number of carbonyl (C=O) groups is 1. The molecule has 2 heterocycles. The Morgan fingerprint density at radius 3 is 2.24 bits per heavy atom. The molecule has 0 bridgehead atoms. The zero-order valence-corrected chi connectivity index (χ0v) is 16.1. The van der Waals surface area contributed by atoms with Gasteiger partial charge in [-0.05, 0) is 48.7 Å². The van der Waals surface area contributed by atoms with Gasteiger partial charge < -0.3 is 0 Å². The first kappa shape index (κ1) is 17.4. The quantitative estimate of drug-likeness (QED) is 0.617. The van der Waals surface area contributed by atoms with Gasteiger partial charge in [0.2, 0.25) is 5.91 Å². The molecule has 130 valence electrons. The number of nitrogens with zero attached hydrogens (tertiary/aromatic N) is 2. The van der Waals surface area contributed by atoms with E-state index in [1.807, 2.05) is 18.2 Å². The van der Waals surface area contributed by atoms with Crippen LogP contribution in [0, 0.1) is 0 Å². The van der Waals surface area contributed by atoms with Crippen molar-refractivity contribution in [3.63, 3.8) is 0 Å². The van der Waals surface area contributed by atoms with Crippen molar-refractivity contribution in [2.45, 2.75) is 25.0 Å². The number of hydrogen-bond acceptors (Lipinski definition) is 2.